The van der Waals surface area contributed by atoms with Crippen LogP contribution < -0.4 is 5.32 Å². The zero-order valence-corrected chi connectivity index (χ0v) is 17.6. The molecule has 3 fully saturated rings. The third kappa shape index (κ3) is 4.08. The van der Waals surface area contributed by atoms with Crippen LogP contribution in [-0.2, 0) is 22.7 Å². The van der Waals surface area contributed by atoms with Crippen LogP contribution in [0.5, 0.6) is 0 Å². The summed E-state index contributed by atoms with van der Waals surface area (Å²) in [6.45, 7) is 5.90. The second-order valence-corrected chi connectivity index (χ2v) is 9.94. The number of hydrogen-bond acceptors (Lipinski definition) is 4. The first kappa shape index (κ1) is 19.8. The number of fused-ring (bicyclic) bond motifs is 1. The number of amides is 2. The van der Waals surface area contributed by atoms with Gasteiger partial charge in [0.25, 0.3) is 0 Å². The van der Waals surface area contributed by atoms with Crippen molar-refractivity contribution in [2.24, 2.45) is 0 Å². The maximum atomic E-state index is 12.9. The number of rotatable bonds is 5. The highest BCUT2D eigenvalue weighted by Crippen LogP contribution is 2.47. The number of carbonyl (C=O) groups is 2. The van der Waals surface area contributed by atoms with E-state index in [1.807, 2.05) is 11.0 Å². The van der Waals surface area contributed by atoms with E-state index in [-0.39, 0.29) is 22.7 Å². The lowest BCUT2D eigenvalue weighted by Crippen LogP contribution is -2.49. The number of thioether (sulfide) groups is 1. The molecule has 3 heterocycles. The Morgan fingerprint density at radius 2 is 1.89 bits per heavy atom. The van der Waals surface area contributed by atoms with Crippen molar-refractivity contribution in [1.82, 2.24) is 15.1 Å². The zero-order chi connectivity index (χ0) is 19.6. The summed E-state index contributed by atoms with van der Waals surface area (Å²) in [6, 6.07) is 8.09. The number of benzene rings is 1. The standard InChI is InChI=1S/C22H31N3O2S/c1-22-11-10-20(26)25(22)19(16-28-22)21(27)23-14-17-8-4-5-9-18(17)15-24-12-6-2-3-7-13-24/h4-5,8-9,19H,2-3,6-7,10-16H2,1H3,(H,23,27). The van der Waals surface area contributed by atoms with E-state index in [1.165, 1.54) is 36.8 Å². The second-order valence-electron chi connectivity index (χ2n) is 8.44. The second kappa shape index (κ2) is 8.46. The highest BCUT2D eigenvalue weighted by molar-refractivity contribution is 8.01. The molecule has 1 N–H and O–H groups in total. The third-order valence-corrected chi connectivity index (χ3v) is 7.92. The quantitative estimate of drug-likeness (QED) is 0.824. The van der Waals surface area contributed by atoms with Crippen LogP contribution in [0, 0.1) is 0 Å². The van der Waals surface area contributed by atoms with E-state index in [9.17, 15) is 9.59 Å². The molecule has 152 valence electrons. The predicted octanol–water partition coefficient (Wildman–Crippen LogP) is 3.13. The molecule has 1 aromatic carbocycles. The number of nitrogens with one attached hydrogen (secondary N) is 1. The SMILES string of the molecule is CC12CCC(=O)N1C(C(=O)NCc1ccccc1CN1CCCCCC1)CS2. The minimum atomic E-state index is -0.331. The van der Waals surface area contributed by atoms with Crippen molar-refractivity contribution < 1.29 is 9.59 Å². The van der Waals surface area contributed by atoms with Crippen LogP contribution in [0.25, 0.3) is 0 Å². The first-order chi connectivity index (χ1) is 13.6. The summed E-state index contributed by atoms with van der Waals surface area (Å²) in [4.78, 5) is 29.3. The lowest BCUT2D eigenvalue weighted by atomic mass is 10.1. The Balaban J connectivity index is 1.38. The molecule has 3 aliphatic rings. The molecule has 28 heavy (non-hydrogen) atoms. The van der Waals surface area contributed by atoms with Crippen LogP contribution in [0.15, 0.2) is 24.3 Å². The van der Waals surface area contributed by atoms with Gasteiger partial charge in [0.1, 0.15) is 6.04 Å². The van der Waals surface area contributed by atoms with E-state index < -0.39 is 0 Å². The van der Waals surface area contributed by atoms with Crippen LogP contribution in [0.4, 0.5) is 0 Å². The molecule has 0 saturated carbocycles. The first-order valence-corrected chi connectivity index (χ1v) is 11.6. The molecule has 2 amide bonds. The molecule has 0 aromatic heterocycles. The van der Waals surface area contributed by atoms with Crippen molar-refractivity contribution in [3.8, 4) is 0 Å². The average molecular weight is 402 g/mol. The van der Waals surface area contributed by atoms with Gasteiger partial charge in [-0.2, -0.15) is 0 Å². The Hall–Kier alpha value is -1.53. The van der Waals surface area contributed by atoms with E-state index in [4.69, 9.17) is 0 Å². The molecule has 0 radical (unpaired) electrons. The topological polar surface area (TPSA) is 52.7 Å². The normalized spacial score (nSPS) is 28.2. The van der Waals surface area contributed by atoms with Crippen LogP contribution in [0.1, 0.15) is 56.6 Å². The Morgan fingerprint density at radius 1 is 1.18 bits per heavy atom. The van der Waals surface area contributed by atoms with Crippen LogP contribution >= 0.6 is 11.8 Å². The van der Waals surface area contributed by atoms with Crippen molar-refractivity contribution >= 4 is 23.6 Å². The van der Waals surface area contributed by atoms with Gasteiger partial charge < -0.3 is 10.2 Å². The van der Waals surface area contributed by atoms with Crippen molar-refractivity contribution in [3.05, 3.63) is 35.4 Å². The fourth-order valence-electron chi connectivity index (χ4n) is 4.73. The summed E-state index contributed by atoms with van der Waals surface area (Å²) in [5.41, 5.74) is 2.48. The van der Waals surface area contributed by atoms with E-state index >= 15 is 0 Å². The van der Waals surface area contributed by atoms with Gasteiger partial charge in [-0.1, -0.05) is 37.1 Å². The van der Waals surface area contributed by atoms with E-state index in [0.717, 1.165) is 26.1 Å². The third-order valence-electron chi connectivity index (χ3n) is 6.41. The molecule has 6 heteroatoms. The number of likely N-dealkylation sites (tertiary alicyclic amines) is 1. The maximum Gasteiger partial charge on any atom is 0.243 e. The molecule has 0 spiro atoms. The highest BCUT2D eigenvalue weighted by atomic mass is 32.2. The molecule has 0 aliphatic carbocycles. The van der Waals surface area contributed by atoms with Gasteiger partial charge in [-0.3, -0.25) is 14.5 Å². The fourth-order valence-corrected chi connectivity index (χ4v) is 6.17. The summed E-state index contributed by atoms with van der Waals surface area (Å²) >= 11 is 1.74. The summed E-state index contributed by atoms with van der Waals surface area (Å²) in [5, 5.41) is 3.12. The van der Waals surface area contributed by atoms with Gasteiger partial charge >= 0.3 is 0 Å². The van der Waals surface area contributed by atoms with Crippen molar-refractivity contribution in [2.45, 2.75) is 69.5 Å². The zero-order valence-electron chi connectivity index (χ0n) is 16.8. The largest absolute Gasteiger partial charge is 0.350 e. The molecule has 4 rings (SSSR count). The Bertz CT molecular complexity index is 732. The molecular formula is C22H31N3O2S. The molecule has 2 atom stereocenters. The monoisotopic (exact) mass is 401 g/mol. The minimum absolute atomic E-state index is 0.0175. The van der Waals surface area contributed by atoms with Gasteiger partial charge in [0.05, 0.1) is 4.87 Å². The Labute approximate surface area is 172 Å². The first-order valence-electron chi connectivity index (χ1n) is 10.6. The van der Waals surface area contributed by atoms with Crippen molar-refractivity contribution in [2.75, 3.05) is 18.8 Å². The average Bonchev–Trinajstić information content (AvgIpc) is 3.04. The van der Waals surface area contributed by atoms with Gasteiger partial charge in [0.2, 0.25) is 11.8 Å². The molecule has 1 aromatic rings. The number of hydrogen-bond donors (Lipinski definition) is 1. The molecule has 5 nitrogen and oxygen atoms in total. The van der Waals surface area contributed by atoms with Gasteiger partial charge in [0, 0.05) is 25.3 Å². The van der Waals surface area contributed by atoms with Gasteiger partial charge in [0.15, 0.2) is 0 Å². The van der Waals surface area contributed by atoms with Crippen molar-refractivity contribution in [1.29, 1.82) is 0 Å². The highest BCUT2D eigenvalue weighted by Gasteiger charge is 2.52. The molecule has 3 saturated heterocycles. The number of nitrogens with zero attached hydrogens (tertiary/aromatic N) is 2. The molecule has 3 aliphatic heterocycles. The van der Waals surface area contributed by atoms with Gasteiger partial charge in [-0.15, -0.1) is 11.8 Å². The fraction of sp³-hybridized carbons (Fsp3) is 0.636. The summed E-state index contributed by atoms with van der Waals surface area (Å²) < 4.78 is 0. The molecule has 0 bridgehead atoms. The van der Waals surface area contributed by atoms with Crippen molar-refractivity contribution in [3.63, 3.8) is 0 Å². The lowest BCUT2D eigenvalue weighted by Gasteiger charge is -2.30. The Morgan fingerprint density at radius 3 is 2.64 bits per heavy atom. The molecular weight excluding hydrogens is 370 g/mol. The Kier molecular flexibility index (Phi) is 5.97. The van der Waals surface area contributed by atoms with E-state index in [1.54, 1.807) is 11.8 Å². The molecule has 2 unspecified atom stereocenters. The minimum Gasteiger partial charge on any atom is -0.350 e. The number of carbonyl (C=O) groups excluding carboxylic acids is 2. The van der Waals surface area contributed by atoms with Crippen LogP contribution in [-0.4, -0.2) is 51.4 Å². The maximum absolute atomic E-state index is 12.9. The van der Waals surface area contributed by atoms with E-state index in [0.29, 0.717) is 18.7 Å². The van der Waals surface area contributed by atoms with Crippen LogP contribution in [0.2, 0.25) is 0 Å². The van der Waals surface area contributed by atoms with Gasteiger partial charge in [-0.25, -0.2) is 0 Å². The smallest absolute Gasteiger partial charge is 0.243 e. The summed E-state index contributed by atoms with van der Waals surface area (Å²) in [6.07, 6.45) is 6.64. The summed E-state index contributed by atoms with van der Waals surface area (Å²) in [5.74, 6) is 0.800. The predicted molar refractivity (Wildman–Crippen MR) is 113 cm³/mol. The van der Waals surface area contributed by atoms with Gasteiger partial charge in [-0.05, 0) is 50.4 Å². The lowest BCUT2D eigenvalue weighted by molar-refractivity contribution is -0.138. The summed E-state index contributed by atoms with van der Waals surface area (Å²) in [7, 11) is 0. The van der Waals surface area contributed by atoms with Crippen LogP contribution in [0.3, 0.4) is 0 Å². The van der Waals surface area contributed by atoms with E-state index in [2.05, 4.69) is 35.3 Å².